The maximum absolute atomic E-state index is 11.1. The molecule has 0 spiro atoms. The van der Waals surface area contributed by atoms with Crippen molar-refractivity contribution in [1.82, 2.24) is 4.57 Å². The van der Waals surface area contributed by atoms with E-state index in [4.69, 9.17) is 0 Å². The van der Waals surface area contributed by atoms with Gasteiger partial charge in [0.05, 0.1) is 0 Å². The summed E-state index contributed by atoms with van der Waals surface area (Å²) in [6.07, 6.45) is 0.929. The first-order valence-corrected chi connectivity index (χ1v) is 6.60. The summed E-state index contributed by atoms with van der Waals surface area (Å²) in [5, 5.41) is 0. The van der Waals surface area contributed by atoms with Crippen LogP contribution in [0.1, 0.15) is 48.1 Å². The maximum Gasteiger partial charge on any atom is 0.151 e. The van der Waals surface area contributed by atoms with E-state index in [1.165, 1.54) is 5.56 Å². The minimum atomic E-state index is 0.0705. The molecule has 0 amide bonds. The lowest BCUT2D eigenvalue weighted by Gasteiger charge is -2.24. The van der Waals surface area contributed by atoms with E-state index in [0.29, 0.717) is 0 Å². The number of para-hydroxylation sites is 1. The number of rotatable bonds is 2. The third-order valence-corrected chi connectivity index (χ3v) is 3.55. The lowest BCUT2D eigenvalue weighted by atomic mass is 9.85. The molecule has 0 aliphatic heterocycles. The van der Waals surface area contributed by atoms with Gasteiger partial charge in [0.2, 0.25) is 0 Å². The highest BCUT2D eigenvalue weighted by atomic mass is 16.1. The van der Waals surface area contributed by atoms with Gasteiger partial charge in [-0.3, -0.25) is 4.79 Å². The summed E-state index contributed by atoms with van der Waals surface area (Å²) in [6.45, 7) is 10.7. The zero-order chi connectivity index (χ0) is 14.2. The highest BCUT2D eigenvalue weighted by Gasteiger charge is 2.20. The van der Waals surface area contributed by atoms with E-state index in [1.54, 1.807) is 0 Å². The molecule has 1 heterocycles. The smallest absolute Gasteiger partial charge is 0.151 e. The predicted molar refractivity (Wildman–Crippen MR) is 79.3 cm³/mol. The van der Waals surface area contributed by atoms with Crippen LogP contribution in [-0.4, -0.2) is 10.9 Å². The standard InChI is InChI=1S/C17H21NO/c1-12-10-14(11-19)13(2)18(12)16-9-7-6-8-15(16)17(3,4)5/h6-11H,1-5H3. The topological polar surface area (TPSA) is 22.0 Å². The number of nitrogens with zero attached hydrogens (tertiary/aromatic N) is 1. The van der Waals surface area contributed by atoms with Crippen molar-refractivity contribution in [2.75, 3.05) is 0 Å². The molecule has 100 valence electrons. The number of carbonyl (C=O) groups excluding carboxylic acids is 1. The molecule has 0 bridgehead atoms. The zero-order valence-electron chi connectivity index (χ0n) is 12.3. The van der Waals surface area contributed by atoms with E-state index in [-0.39, 0.29) is 5.41 Å². The molecule has 0 aliphatic carbocycles. The molecule has 0 atom stereocenters. The molecule has 2 heteroatoms. The highest BCUT2D eigenvalue weighted by Crippen LogP contribution is 2.30. The molecule has 0 N–H and O–H groups in total. The third-order valence-electron chi connectivity index (χ3n) is 3.55. The van der Waals surface area contributed by atoms with Gasteiger partial charge in [-0.05, 0) is 37.0 Å². The summed E-state index contributed by atoms with van der Waals surface area (Å²) in [5.41, 5.74) is 5.38. The van der Waals surface area contributed by atoms with Crippen LogP contribution in [0.3, 0.4) is 0 Å². The van der Waals surface area contributed by atoms with Crippen molar-refractivity contribution in [1.29, 1.82) is 0 Å². The molecule has 0 unspecified atom stereocenters. The van der Waals surface area contributed by atoms with Crippen molar-refractivity contribution in [3.8, 4) is 5.69 Å². The first kappa shape index (κ1) is 13.6. The van der Waals surface area contributed by atoms with E-state index in [2.05, 4.69) is 43.5 Å². The lowest BCUT2D eigenvalue weighted by Crippen LogP contribution is -2.16. The Balaban J connectivity index is 2.73. The monoisotopic (exact) mass is 255 g/mol. The zero-order valence-corrected chi connectivity index (χ0v) is 12.3. The third kappa shape index (κ3) is 2.35. The minimum absolute atomic E-state index is 0.0705. The number of hydrogen-bond acceptors (Lipinski definition) is 1. The fourth-order valence-electron chi connectivity index (χ4n) is 2.58. The second-order valence-electron chi connectivity index (χ2n) is 6.05. The number of aldehydes is 1. The van der Waals surface area contributed by atoms with Crippen molar-refractivity contribution >= 4 is 6.29 Å². The molecule has 0 saturated carbocycles. The second kappa shape index (κ2) is 4.69. The SMILES string of the molecule is Cc1cc(C=O)c(C)n1-c1ccccc1C(C)(C)C. The largest absolute Gasteiger partial charge is 0.317 e. The molecule has 1 aromatic heterocycles. The predicted octanol–water partition coefficient (Wildman–Crippen LogP) is 4.20. The Kier molecular flexibility index (Phi) is 3.36. The van der Waals surface area contributed by atoms with Crippen molar-refractivity contribution in [2.24, 2.45) is 0 Å². The van der Waals surface area contributed by atoms with Crippen LogP contribution in [0, 0.1) is 13.8 Å². The number of benzene rings is 1. The summed E-state index contributed by atoms with van der Waals surface area (Å²) < 4.78 is 2.17. The molecular weight excluding hydrogens is 234 g/mol. The molecule has 2 aromatic rings. The Morgan fingerprint density at radius 1 is 1.11 bits per heavy atom. The van der Waals surface area contributed by atoms with Crippen LogP contribution < -0.4 is 0 Å². The van der Waals surface area contributed by atoms with Gasteiger partial charge in [-0.15, -0.1) is 0 Å². The van der Waals surface area contributed by atoms with Crippen LogP contribution in [0.2, 0.25) is 0 Å². The molecule has 1 aromatic carbocycles. The summed E-state index contributed by atoms with van der Waals surface area (Å²) in [7, 11) is 0. The Labute approximate surface area is 115 Å². The molecule has 2 nitrogen and oxygen atoms in total. The van der Waals surface area contributed by atoms with E-state index >= 15 is 0 Å². The molecule has 0 saturated heterocycles. The lowest BCUT2D eigenvalue weighted by molar-refractivity contribution is 0.112. The van der Waals surface area contributed by atoms with E-state index in [0.717, 1.165) is 28.9 Å². The summed E-state index contributed by atoms with van der Waals surface area (Å²) in [6, 6.07) is 10.3. The van der Waals surface area contributed by atoms with Gasteiger partial charge in [-0.2, -0.15) is 0 Å². The van der Waals surface area contributed by atoms with Crippen molar-refractivity contribution in [2.45, 2.75) is 40.0 Å². The van der Waals surface area contributed by atoms with Crippen LogP contribution in [0.25, 0.3) is 5.69 Å². The molecule has 0 radical (unpaired) electrons. The normalized spacial score (nSPS) is 11.6. The number of hydrogen-bond donors (Lipinski definition) is 0. The van der Waals surface area contributed by atoms with Crippen LogP contribution >= 0.6 is 0 Å². The van der Waals surface area contributed by atoms with Gasteiger partial charge in [0, 0.05) is 22.6 Å². The average molecular weight is 255 g/mol. The quantitative estimate of drug-likeness (QED) is 0.737. The van der Waals surface area contributed by atoms with Crippen molar-refractivity contribution in [3.63, 3.8) is 0 Å². The fourth-order valence-corrected chi connectivity index (χ4v) is 2.58. The number of carbonyl (C=O) groups is 1. The van der Waals surface area contributed by atoms with Crippen LogP contribution in [0.4, 0.5) is 0 Å². The second-order valence-corrected chi connectivity index (χ2v) is 6.05. The van der Waals surface area contributed by atoms with Gasteiger partial charge in [-0.25, -0.2) is 0 Å². The number of aryl methyl sites for hydroxylation is 1. The maximum atomic E-state index is 11.1. The minimum Gasteiger partial charge on any atom is -0.317 e. The first-order chi connectivity index (χ1) is 8.86. The van der Waals surface area contributed by atoms with Crippen LogP contribution in [-0.2, 0) is 5.41 Å². The van der Waals surface area contributed by atoms with Gasteiger partial charge >= 0.3 is 0 Å². The Morgan fingerprint density at radius 3 is 2.26 bits per heavy atom. The van der Waals surface area contributed by atoms with Gasteiger partial charge in [-0.1, -0.05) is 39.0 Å². The highest BCUT2D eigenvalue weighted by molar-refractivity contribution is 5.77. The Morgan fingerprint density at radius 2 is 1.74 bits per heavy atom. The van der Waals surface area contributed by atoms with Crippen molar-refractivity contribution < 1.29 is 4.79 Å². The molecule has 19 heavy (non-hydrogen) atoms. The van der Waals surface area contributed by atoms with Gasteiger partial charge in [0.1, 0.15) is 0 Å². The fraction of sp³-hybridized carbons (Fsp3) is 0.353. The van der Waals surface area contributed by atoms with Crippen LogP contribution in [0.15, 0.2) is 30.3 Å². The van der Waals surface area contributed by atoms with Gasteiger partial charge < -0.3 is 4.57 Å². The first-order valence-electron chi connectivity index (χ1n) is 6.60. The Bertz CT molecular complexity index is 615. The van der Waals surface area contributed by atoms with E-state index in [9.17, 15) is 4.79 Å². The molecule has 2 rings (SSSR count). The van der Waals surface area contributed by atoms with Crippen molar-refractivity contribution in [3.05, 3.63) is 52.8 Å². The molecule has 0 aliphatic rings. The molecular formula is C17H21NO. The number of aromatic nitrogens is 1. The van der Waals surface area contributed by atoms with E-state index < -0.39 is 0 Å². The molecule has 0 fully saturated rings. The van der Waals surface area contributed by atoms with Gasteiger partial charge in [0.15, 0.2) is 6.29 Å². The van der Waals surface area contributed by atoms with Crippen LogP contribution in [0.5, 0.6) is 0 Å². The average Bonchev–Trinajstić information content (AvgIpc) is 2.63. The van der Waals surface area contributed by atoms with E-state index in [1.807, 2.05) is 26.0 Å². The Hall–Kier alpha value is -1.83. The summed E-state index contributed by atoms with van der Waals surface area (Å²) in [4.78, 5) is 11.1. The van der Waals surface area contributed by atoms with Gasteiger partial charge in [0.25, 0.3) is 0 Å². The summed E-state index contributed by atoms with van der Waals surface area (Å²) in [5.74, 6) is 0. The summed E-state index contributed by atoms with van der Waals surface area (Å²) >= 11 is 0.